The van der Waals surface area contributed by atoms with Crippen molar-refractivity contribution >= 4 is 29.6 Å². The lowest BCUT2D eigenvalue weighted by Crippen LogP contribution is -2.19. The second kappa shape index (κ2) is 8.14. The summed E-state index contributed by atoms with van der Waals surface area (Å²) in [7, 11) is 0. The standard InChI is InChI=1S/2C4H3NO2.C4H6O2/c2*6-3-1-2-4(7)5-3;1-3(2)4(5)6/h2*1-2H,(H,5,6,7);1H2,2H3,(H,5,6). The summed E-state index contributed by atoms with van der Waals surface area (Å²) in [5, 5.41) is 11.9. The van der Waals surface area contributed by atoms with E-state index in [4.69, 9.17) is 5.11 Å². The van der Waals surface area contributed by atoms with Crippen LogP contribution in [0.4, 0.5) is 0 Å². The molecule has 2 heterocycles. The highest BCUT2D eigenvalue weighted by Gasteiger charge is 2.07. The van der Waals surface area contributed by atoms with Gasteiger partial charge in [0.1, 0.15) is 0 Å². The number of imide groups is 2. The van der Waals surface area contributed by atoms with Crippen LogP contribution in [0.2, 0.25) is 0 Å². The Morgan fingerprint density at radius 2 is 1.10 bits per heavy atom. The van der Waals surface area contributed by atoms with Gasteiger partial charge in [0.25, 0.3) is 23.6 Å². The minimum atomic E-state index is -0.935. The summed E-state index contributed by atoms with van der Waals surface area (Å²) in [4.78, 5) is 49.7. The van der Waals surface area contributed by atoms with Crippen molar-refractivity contribution in [1.82, 2.24) is 10.6 Å². The molecule has 4 amide bonds. The molecule has 2 aliphatic heterocycles. The van der Waals surface area contributed by atoms with Crippen molar-refractivity contribution in [2.45, 2.75) is 6.92 Å². The van der Waals surface area contributed by atoms with Crippen molar-refractivity contribution in [3.05, 3.63) is 36.5 Å². The van der Waals surface area contributed by atoms with Gasteiger partial charge in [-0.15, -0.1) is 0 Å². The third kappa shape index (κ3) is 8.12. The molecule has 0 bridgehead atoms. The maximum absolute atomic E-state index is 10.0. The second-order valence-electron chi connectivity index (χ2n) is 3.46. The van der Waals surface area contributed by atoms with E-state index in [1.165, 1.54) is 31.2 Å². The third-order valence-electron chi connectivity index (χ3n) is 1.63. The number of aliphatic carboxylic acids is 1. The Bertz CT molecular complexity index is 450. The SMILES string of the molecule is C=C(C)C(=O)O.O=C1C=CC(=O)N1.O=C1C=CC(=O)N1. The molecule has 0 saturated heterocycles. The van der Waals surface area contributed by atoms with E-state index in [1.54, 1.807) is 0 Å². The van der Waals surface area contributed by atoms with Crippen LogP contribution in [0.5, 0.6) is 0 Å². The fourth-order valence-corrected chi connectivity index (χ4v) is 0.712. The van der Waals surface area contributed by atoms with Gasteiger partial charge in [0.2, 0.25) is 0 Å². The zero-order valence-corrected chi connectivity index (χ0v) is 10.5. The first-order chi connectivity index (χ1) is 9.22. The smallest absolute Gasteiger partial charge is 0.330 e. The summed E-state index contributed by atoms with van der Waals surface area (Å²) >= 11 is 0. The van der Waals surface area contributed by atoms with Crippen molar-refractivity contribution in [2.75, 3.05) is 0 Å². The Labute approximate surface area is 113 Å². The van der Waals surface area contributed by atoms with Gasteiger partial charge in [0, 0.05) is 29.9 Å². The van der Waals surface area contributed by atoms with Gasteiger partial charge in [-0.2, -0.15) is 0 Å². The second-order valence-corrected chi connectivity index (χ2v) is 3.46. The summed E-state index contributed by atoms with van der Waals surface area (Å²) in [5.74, 6) is -2.25. The molecule has 0 aliphatic carbocycles. The van der Waals surface area contributed by atoms with E-state index in [0.29, 0.717) is 0 Å². The molecule has 20 heavy (non-hydrogen) atoms. The average Bonchev–Trinajstić information content (AvgIpc) is 2.89. The molecule has 8 heteroatoms. The molecule has 106 valence electrons. The highest BCUT2D eigenvalue weighted by atomic mass is 16.4. The number of carboxylic acids is 1. The normalized spacial score (nSPS) is 14.7. The minimum absolute atomic E-state index is 0.176. The number of hydrogen-bond acceptors (Lipinski definition) is 5. The van der Waals surface area contributed by atoms with Crippen LogP contribution >= 0.6 is 0 Å². The van der Waals surface area contributed by atoms with Gasteiger partial charge in [-0.05, 0) is 6.92 Å². The maximum atomic E-state index is 10.0. The Morgan fingerprint density at radius 1 is 0.900 bits per heavy atom. The first-order valence-electron chi connectivity index (χ1n) is 5.17. The molecule has 0 spiro atoms. The number of carbonyl (C=O) groups excluding carboxylic acids is 4. The van der Waals surface area contributed by atoms with Crippen LogP contribution in [0.25, 0.3) is 0 Å². The molecular weight excluding hydrogens is 268 g/mol. The number of rotatable bonds is 1. The fourth-order valence-electron chi connectivity index (χ4n) is 0.712. The number of hydrogen-bond donors (Lipinski definition) is 3. The molecule has 0 unspecified atom stereocenters. The zero-order valence-electron chi connectivity index (χ0n) is 10.5. The number of carbonyl (C=O) groups is 5. The first-order valence-corrected chi connectivity index (χ1v) is 5.17. The van der Waals surface area contributed by atoms with Crippen molar-refractivity contribution in [2.24, 2.45) is 0 Å². The van der Waals surface area contributed by atoms with Crippen molar-refractivity contribution in [1.29, 1.82) is 0 Å². The molecule has 2 rings (SSSR count). The van der Waals surface area contributed by atoms with Gasteiger partial charge in [-0.3, -0.25) is 29.8 Å². The quantitative estimate of drug-likeness (QED) is 0.419. The van der Waals surface area contributed by atoms with E-state index >= 15 is 0 Å². The van der Waals surface area contributed by atoms with Gasteiger partial charge in [0.05, 0.1) is 0 Å². The summed E-state index contributed by atoms with van der Waals surface area (Å²) in [6, 6.07) is 0. The maximum Gasteiger partial charge on any atom is 0.330 e. The molecule has 2 aliphatic rings. The fraction of sp³-hybridized carbons (Fsp3) is 0.0833. The Morgan fingerprint density at radius 3 is 1.15 bits per heavy atom. The number of carboxylic acid groups (broad SMARTS) is 1. The summed E-state index contributed by atoms with van der Waals surface area (Å²) in [6.07, 6.45) is 4.79. The molecule has 8 nitrogen and oxygen atoms in total. The van der Waals surface area contributed by atoms with Crippen LogP contribution in [0.3, 0.4) is 0 Å². The number of amides is 4. The van der Waals surface area contributed by atoms with E-state index in [2.05, 4.69) is 6.58 Å². The average molecular weight is 280 g/mol. The molecule has 0 atom stereocenters. The minimum Gasteiger partial charge on any atom is -0.478 e. The van der Waals surface area contributed by atoms with Gasteiger partial charge >= 0.3 is 5.97 Å². The van der Waals surface area contributed by atoms with E-state index < -0.39 is 5.97 Å². The molecular formula is C12H12N2O6. The highest BCUT2D eigenvalue weighted by Crippen LogP contribution is 1.83. The topological polar surface area (TPSA) is 130 Å². The van der Waals surface area contributed by atoms with Crippen LogP contribution in [-0.2, 0) is 24.0 Å². The van der Waals surface area contributed by atoms with Crippen molar-refractivity contribution in [3.63, 3.8) is 0 Å². The lowest BCUT2D eigenvalue weighted by atomic mass is 10.4. The predicted molar refractivity (Wildman–Crippen MR) is 67.0 cm³/mol. The molecule has 0 aromatic carbocycles. The molecule has 0 fully saturated rings. The molecule has 3 N–H and O–H groups in total. The Kier molecular flexibility index (Phi) is 6.91. The third-order valence-corrected chi connectivity index (χ3v) is 1.63. The van der Waals surface area contributed by atoms with Gasteiger partial charge in [-0.1, -0.05) is 6.58 Å². The zero-order chi connectivity index (χ0) is 15.7. The number of nitrogens with one attached hydrogen (secondary N) is 2. The van der Waals surface area contributed by atoms with Gasteiger partial charge in [0.15, 0.2) is 0 Å². The summed E-state index contributed by atoms with van der Waals surface area (Å²) in [6.45, 7) is 4.60. The Hall–Kier alpha value is -3.03. The Balaban J connectivity index is 0.000000272. The lowest BCUT2D eigenvalue weighted by Gasteiger charge is -1.80. The van der Waals surface area contributed by atoms with Crippen molar-refractivity contribution in [3.8, 4) is 0 Å². The largest absolute Gasteiger partial charge is 0.478 e. The van der Waals surface area contributed by atoms with E-state index in [9.17, 15) is 24.0 Å². The monoisotopic (exact) mass is 280 g/mol. The molecule has 0 aromatic heterocycles. The van der Waals surface area contributed by atoms with Crippen LogP contribution in [0.15, 0.2) is 36.5 Å². The van der Waals surface area contributed by atoms with Crippen molar-refractivity contribution < 1.29 is 29.1 Å². The van der Waals surface area contributed by atoms with Gasteiger partial charge < -0.3 is 5.11 Å². The molecule has 0 radical (unpaired) electrons. The summed E-state index contributed by atoms with van der Waals surface area (Å²) < 4.78 is 0. The van der Waals surface area contributed by atoms with E-state index in [0.717, 1.165) is 0 Å². The molecule has 0 aromatic rings. The van der Waals surface area contributed by atoms with Crippen LogP contribution in [-0.4, -0.2) is 34.7 Å². The van der Waals surface area contributed by atoms with E-state index in [-0.39, 0.29) is 29.2 Å². The van der Waals surface area contributed by atoms with Gasteiger partial charge in [-0.25, -0.2) is 4.79 Å². The van der Waals surface area contributed by atoms with Crippen LogP contribution in [0, 0.1) is 0 Å². The van der Waals surface area contributed by atoms with E-state index in [1.807, 2.05) is 10.6 Å². The molecule has 0 saturated carbocycles. The highest BCUT2D eigenvalue weighted by molar-refractivity contribution is 6.13. The predicted octanol–water partition coefficient (Wildman–Crippen LogP) is -0.955. The van der Waals surface area contributed by atoms with Crippen LogP contribution < -0.4 is 10.6 Å². The summed E-state index contributed by atoms with van der Waals surface area (Å²) in [5.41, 5.74) is 0.176. The van der Waals surface area contributed by atoms with Crippen LogP contribution in [0.1, 0.15) is 6.92 Å². The first kappa shape index (κ1) is 17.0. The lowest BCUT2D eigenvalue weighted by molar-refractivity contribution is -0.132.